The van der Waals surface area contributed by atoms with Crippen molar-refractivity contribution < 1.29 is 28.8 Å². The van der Waals surface area contributed by atoms with Crippen LogP contribution < -0.4 is 0 Å². The first kappa shape index (κ1) is 15.4. The lowest BCUT2D eigenvalue weighted by molar-refractivity contribution is -0.230. The average molecular weight is 308 g/mol. The zero-order valence-corrected chi connectivity index (χ0v) is 12.8. The molecule has 0 spiro atoms. The van der Waals surface area contributed by atoms with E-state index < -0.39 is 35.9 Å². The molecule has 0 amide bonds. The standard InChI is InChI=1S/C16H20O6/c1-15(2)21-12-14(22-15)20-11(16(12,3)18)9-19-13(17)10-7-5-4-6-8-10/h4-8,11-12,14,18H,9H2,1-3H3/t11-,12+,14-,16-/m0/s1. The van der Waals surface area contributed by atoms with Crippen LogP contribution in [0.25, 0.3) is 0 Å². The van der Waals surface area contributed by atoms with Crippen LogP contribution in [-0.2, 0) is 18.9 Å². The highest BCUT2D eigenvalue weighted by Gasteiger charge is 2.61. The van der Waals surface area contributed by atoms with Crippen molar-refractivity contribution in [1.29, 1.82) is 0 Å². The lowest BCUT2D eigenvalue weighted by atomic mass is 9.95. The van der Waals surface area contributed by atoms with Crippen molar-refractivity contribution in [2.24, 2.45) is 0 Å². The van der Waals surface area contributed by atoms with Crippen LogP contribution in [0.5, 0.6) is 0 Å². The topological polar surface area (TPSA) is 74.2 Å². The van der Waals surface area contributed by atoms with Crippen molar-refractivity contribution in [2.45, 2.75) is 50.7 Å². The summed E-state index contributed by atoms with van der Waals surface area (Å²) >= 11 is 0. The molecule has 0 aromatic heterocycles. The molecule has 120 valence electrons. The maximum atomic E-state index is 11.9. The lowest BCUT2D eigenvalue weighted by Crippen LogP contribution is -2.48. The molecule has 1 aromatic carbocycles. The Kier molecular flexibility index (Phi) is 3.72. The number of carbonyl (C=O) groups is 1. The van der Waals surface area contributed by atoms with Crippen LogP contribution >= 0.6 is 0 Å². The van der Waals surface area contributed by atoms with Gasteiger partial charge in [0.05, 0.1) is 5.56 Å². The highest BCUT2D eigenvalue weighted by molar-refractivity contribution is 5.89. The number of ether oxygens (including phenoxy) is 4. The monoisotopic (exact) mass is 308 g/mol. The molecular formula is C16H20O6. The minimum Gasteiger partial charge on any atom is -0.459 e. The van der Waals surface area contributed by atoms with Crippen LogP contribution in [-0.4, -0.2) is 47.6 Å². The van der Waals surface area contributed by atoms with Crippen LogP contribution in [0.3, 0.4) is 0 Å². The largest absolute Gasteiger partial charge is 0.459 e. The van der Waals surface area contributed by atoms with E-state index in [0.29, 0.717) is 5.56 Å². The molecule has 3 rings (SSSR count). The summed E-state index contributed by atoms with van der Waals surface area (Å²) in [5, 5.41) is 10.6. The Balaban J connectivity index is 1.62. The third-order valence-electron chi connectivity index (χ3n) is 3.96. The number of esters is 1. The number of benzene rings is 1. The molecule has 2 heterocycles. The van der Waals surface area contributed by atoms with Gasteiger partial charge < -0.3 is 24.1 Å². The minimum absolute atomic E-state index is 0.0686. The van der Waals surface area contributed by atoms with Gasteiger partial charge in [0.15, 0.2) is 12.1 Å². The number of hydrogen-bond acceptors (Lipinski definition) is 6. The molecular weight excluding hydrogens is 288 g/mol. The Morgan fingerprint density at radius 3 is 2.55 bits per heavy atom. The third-order valence-corrected chi connectivity index (χ3v) is 3.96. The highest BCUT2D eigenvalue weighted by atomic mass is 16.8. The van der Waals surface area contributed by atoms with Crippen LogP contribution in [0, 0.1) is 0 Å². The van der Waals surface area contributed by atoms with Gasteiger partial charge in [-0.2, -0.15) is 0 Å². The van der Waals surface area contributed by atoms with E-state index in [1.54, 1.807) is 45.0 Å². The van der Waals surface area contributed by atoms with Crippen molar-refractivity contribution in [1.82, 2.24) is 0 Å². The second-order valence-electron chi connectivity index (χ2n) is 6.24. The van der Waals surface area contributed by atoms with E-state index in [0.717, 1.165) is 0 Å². The average Bonchev–Trinajstić information content (AvgIpc) is 2.89. The summed E-state index contributed by atoms with van der Waals surface area (Å²) in [6.45, 7) is 5.05. The number of rotatable bonds is 3. The molecule has 0 radical (unpaired) electrons. The molecule has 0 saturated carbocycles. The van der Waals surface area contributed by atoms with Gasteiger partial charge >= 0.3 is 5.97 Å². The predicted octanol–water partition coefficient (Wildman–Crippen LogP) is 1.47. The van der Waals surface area contributed by atoms with Crippen molar-refractivity contribution in [3.05, 3.63) is 35.9 Å². The summed E-state index contributed by atoms with van der Waals surface area (Å²) in [7, 11) is 0. The van der Waals surface area contributed by atoms with Crippen LogP contribution in [0.2, 0.25) is 0 Å². The van der Waals surface area contributed by atoms with Gasteiger partial charge in [0, 0.05) is 0 Å². The highest BCUT2D eigenvalue weighted by Crippen LogP contribution is 2.42. The molecule has 1 aromatic rings. The molecule has 1 N–H and O–H groups in total. The molecule has 6 nitrogen and oxygen atoms in total. The summed E-state index contributed by atoms with van der Waals surface area (Å²) in [4.78, 5) is 11.9. The maximum absolute atomic E-state index is 11.9. The Morgan fingerprint density at radius 1 is 1.23 bits per heavy atom. The van der Waals surface area contributed by atoms with Gasteiger partial charge in [-0.25, -0.2) is 4.79 Å². The van der Waals surface area contributed by atoms with E-state index in [1.165, 1.54) is 0 Å². The van der Waals surface area contributed by atoms with Crippen molar-refractivity contribution in [3.8, 4) is 0 Å². The predicted molar refractivity (Wildman–Crippen MR) is 76.0 cm³/mol. The van der Waals surface area contributed by atoms with Gasteiger partial charge in [0.25, 0.3) is 0 Å². The molecule has 6 heteroatoms. The smallest absolute Gasteiger partial charge is 0.338 e. The van der Waals surface area contributed by atoms with E-state index in [4.69, 9.17) is 18.9 Å². The fourth-order valence-corrected chi connectivity index (χ4v) is 2.72. The molecule has 0 aliphatic carbocycles. The van der Waals surface area contributed by atoms with Crippen LogP contribution in [0.4, 0.5) is 0 Å². The molecule has 2 aliphatic rings. The number of carbonyl (C=O) groups excluding carboxylic acids is 1. The summed E-state index contributed by atoms with van der Waals surface area (Å²) in [5.41, 5.74) is -0.843. The fraction of sp³-hybridized carbons (Fsp3) is 0.562. The van der Waals surface area contributed by atoms with Gasteiger partial charge in [0.1, 0.15) is 24.4 Å². The van der Waals surface area contributed by atoms with Gasteiger partial charge in [-0.05, 0) is 32.9 Å². The Morgan fingerprint density at radius 2 is 1.91 bits per heavy atom. The van der Waals surface area contributed by atoms with Gasteiger partial charge in [-0.1, -0.05) is 18.2 Å². The fourth-order valence-electron chi connectivity index (χ4n) is 2.72. The van der Waals surface area contributed by atoms with Crippen LogP contribution in [0.1, 0.15) is 31.1 Å². The summed E-state index contributed by atoms with van der Waals surface area (Å²) in [5.74, 6) is -1.26. The van der Waals surface area contributed by atoms with Gasteiger partial charge in [-0.15, -0.1) is 0 Å². The zero-order valence-electron chi connectivity index (χ0n) is 12.8. The van der Waals surface area contributed by atoms with Crippen molar-refractivity contribution in [3.63, 3.8) is 0 Å². The van der Waals surface area contributed by atoms with E-state index in [-0.39, 0.29) is 6.61 Å². The SMILES string of the molecule is CC1(C)O[C@@H]2O[C@@H](COC(=O)c3ccccc3)[C@](C)(O)[C@@H]2O1. The molecule has 2 aliphatic heterocycles. The first-order valence-corrected chi connectivity index (χ1v) is 7.25. The van der Waals surface area contributed by atoms with Gasteiger partial charge in [-0.3, -0.25) is 0 Å². The number of hydrogen-bond donors (Lipinski definition) is 1. The second kappa shape index (κ2) is 5.31. The Bertz CT molecular complexity index is 553. The molecule has 2 fully saturated rings. The van der Waals surface area contributed by atoms with E-state index in [2.05, 4.69) is 0 Å². The molecule has 2 saturated heterocycles. The van der Waals surface area contributed by atoms with Crippen molar-refractivity contribution >= 4 is 5.97 Å². The van der Waals surface area contributed by atoms with E-state index in [9.17, 15) is 9.90 Å². The quantitative estimate of drug-likeness (QED) is 0.852. The Hall–Kier alpha value is -1.47. The molecule has 0 unspecified atom stereocenters. The number of fused-ring (bicyclic) bond motifs is 1. The second-order valence-corrected chi connectivity index (χ2v) is 6.24. The first-order chi connectivity index (χ1) is 10.3. The van der Waals surface area contributed by atoms with Gasteiger partial charge in [0.2, 0.25) is 0 Å². The van der Waals surface area contributed by atoms with Crippen molar-refractivity contribution in [2.75, 3.05) is 6.61 Å². The maximum Gasteiger partial charge on any atom is 0.338 e. The normalized spacial score (nSPS) is 36.1. The summed E-state index contributed by atoms with van der Waals surface area (Å²) in [6, 6.07) is 8.66. The molecule has 22 heavy (non-hydrogen) atoms. The third kappa shape index (κ3) is 2.75. The Labute approximate surface area is 128 Å². The zero-order chi connectivity index (χ0) is 16.0. The molecule has 4 atom stereocenters. The summed E-state index contributed by atoms with van der Waals surface area (Å²) in [6.07, 6.45) is -1.97. The number of aliphatic hydroxyl groups is 1. The van der Waals surface area contributed by atoms with E-state index in [1.807, 2.05) is 6.07 Å². The first-order valence-electron chi connectivity index (χ1n) is 7.25. The van der Waals surface area contributed by atoms with E-state index >= 15 is 0 Å². The van der Waals surface area contributed by atoms with Crippen LogP contribution in [0.15, 0.2) is 30.3 Å². The minimum atomic E-state index is -1.30. The molecule has 0 bridgehead atoms. The lowest BCUT2D eigenvalue weighted by Gasteiger charge is -2.29. The summed E-state index contributed by atoms with van der Waals surface area (Å²) < 4.78 is 22.1.